The molecule has 0 saturated heterocycles. The molecule has 1 N–H and O–H groups in total. The molecule has 0 fully saturated rings. The normalized spacial score (nSPS) is 29.6. The van der Waals surface area contributed by atoms with Crippen LogP contribution in [0.4, 0.5) is 0 Å². The molecule has 1 unspecified atom stereocenters. The van der Waals surface area contributed by atoms with Gasteiger partial charge in [-0.15, -0.1) is 0 Å². The third-order valence-corrected chi connectivity index (χ3v) is 9.23. The van der Waals surface area contributed by atoms with E-state index in [-0.39, 0.29) is 11.6 Å². The summed E-state index contributed by atoms with van der Waals surface area (Å²) in [5.74, 6) is 0.981. The Morgan fingerprint density at radius 1 is 1.33 bits per heavy atom. The lowest BCUT2D eigenvalue weighted by Crippen LogP contribution is -2.46. The second kappa shape index (κ2) is 5.89. The van der Waals surface area contributed by atoms with Crippen molar-refractivity contribution in [1.29, 1.82) is 0 Å². The Hall–Kier alpha value is -0.123. The van der Waals surface area contributed by atoms with E-state index in [1.165, 1.54) is 0 Å². The zero-order valence-corrected chi connectivity index (χ0v) is 13.9. The minimum absolute atomic E-state index is 0.264. The lowest BCUT2D eigenvalue weighted by molar-refractivity contribution is 0.0896. The number of allylic oxidation sites excluding steroid dienone is 1. The Labute approximate surface area is 114 Å². The summed E-state index contributed by atoms with van der Waals surface area (Å²) in [6.07, 6.45) is 6.70. The van der Waals surface area contributed by atoms with Crippen LogP contribution in [0.25, 0.3) is 0 Å². The molecule has 3 heteroatoms. The van der Waals surface area contributed by atoms with Crippen molar-refractivity contribution in [1.82, 2.24) is 0 Å². The molecule has 3 atom stereocenters. The molecule has 0 aliphatic heterocycles. The Balaban J connectivity index is 2.71. The van der Waals surface area contributed by atoms with Gasteiger partial charge in [0.15, 0.2) is 8.32 Å². The molecule has 0 aromatic rings. The molecule has 0 saturated carbocycles. The lowest BCUT2D eigenvalue weighted by Gasteiger charge is -2.43. The molecule has 106 valence electrons. The highest BCUT2D eigenvalue weighted by Crippen LogP contribution is 2.40. The zero-order valence-electron chi connectivity index (χ0n) is 12.9. The van der Waals surface area contributed by atoms with Crippen LogP contribution < -0.4 is 0 Å². The molecule has 2 nitrogen and oxygen atoms in total. The number of hydrogen-bond acceptors (Lipinski definition) is 2. The predicted octanol–water partition coefficient (Wildman–Crippen LogP) is 3.97. The Bertz CT molecular complexity index is 291. The number of aliphatic hydroxyl groups excluding tert-OH is 1. The van der Waals surface area contributed by atoms with Gasteiger partial charge in [0, 0.05) is 6.61 Å². The summed E-state index contributed by atoms with van der Waals surface area (Å²) in [5.41, 5.74) is 0. The van der Waals surface area contributed by atoms with Crippen molar-refractivity contribution in [3.63, 3.8) is 0 Å². The summed E-state index contributed by atoms with van der Waals surface area (Å²) >= 11 is 0. The van der Waals surface area contributed by atoms with Gasteiger partial charge in [-0.2, -0.15) is 0 Å². The van der Waals surface area contributed by atoms with Crippen LogP contribution in [-0.2, 0) is 4.43 Å². The molecule has 0 radical (unpaired) electrons. The largest absolute Gasteiger partial charge is 0.413 e. The van der Waals surface area contributed by atoms with Crippen molar-refractivity contribution in [2.75, 3.05) is 6.61 Å². The zero-order chi connectivity index (χ0) is 14.0. The SMILES string of the molecule is C[C@@H]1C(O[Si](C)(C)C(C)(C)C)CC=C[C@H]1CCO. The molecule has 0 aromatic heterocycles. The first-order chi connectivity index (χ1) is 8.19. The van der Waals surface area contributed by atoms with Crippen LogP contribution in [0.1, 0.15) is 40.5 Å². The summed E-state index contributed by atoms with van der Waals surface area (Å²) in [7, 11) is -1.68. The molecule has 0 spiro atoms. The summed E-state index contributed by atoms with van der Waals surface area (Å²) in [6, 6.07) is 0. The van der Waals surface area contributed by atoms with Gasteiger partial charge < -0.3 is 9.53 Å². The minimum Gasteiger partial charge on any atom is -0.413 e. The molecule has 0 heterocycles. The highest BCUT2D eigenvalue weighted by molar-refractivity contribution is 6.74. The molecule has 0 bridgehead atoms. The predicted molar refractivity (Wildman–Crippen MR) is 80.2 cm³/mol. The van der Waals surface area contributed by atoms with E-state index in [0.717, 1.165) is 12.8 Å². The van der Waals surface area contributed by atoms with E-state index >= 15 is 0 Å². The van der Waals surface area contributed by atoms with Crippen LogP contribution in [0.3, 0.4) is 0 Å². The molecule has 1 aliphatic rings. The molecule has 0 aromatic carbocycles. The minimum atomic E-state index is -1.68. The van der Waals surface area contributed by atoms with Crippen molar-refractivity contribution < 1.29 is 9.53 Å². The maximum atomic E-state index is 9.12. The smallest absolute Gasteiger partial charge is 0.192 e. The Morgan fingerprint density at radius 2 is 1.94 bits per heavy atom. The summed E-state index contributed by atoms with van der Waals surface area (Å²) in [6.45, 7) is 14.0. The Kier molecular flexibility index (Phi) is 5.21. The third-order valence-electron chi connectivity index (χ3n) is 4.73. The van der Waals surface area contributed by atoms with E-state index in [4.69, 9.17) is 9.53 Å². The van der Waals surface area contributed by atoms with Crippen molar-refractivity contribution in [3.05, 3.63) is 12.2 Å². The van der Waals surface area contributed by atoms with E-state index in [9.17, 15) is 0 Å². The third kappa shape index (κ3) is 3.69. The van der Waals surface area contributed by atoms with Gasteiger partial charge in [0.2, 0.25) is 0 Å². The van der Waals surface area contributed by atoms with E-state index in [2.05, 4.69) is 52.9 Å². The van der Waals surface area contributed by atoms with Crippen LogP contribution in [0.15, 0.2) is 12.2 Å². The summed E-state index contributed by atoms with van der Waals surface area (Å²) in [4.78, 5) is 0. The molecular formula is C15H30O2Si. The quantitative estimate of drug-likeness (QED) is 0.618. The summed E-state index contributed by atoms with van der Waals surface area (Å²) in [5, 5.41) is 9.38. The van der Waals surface area contributed by atoms with Gasteiger partial charge in [0.05, 0.1) is 6.10 Å². The first-order valence-corrected chi connectivity index (χ1v) is 10.0. The second-order valence-corrected chi connectivity index (χ2v) is 11.9. The summed E-state index contributed by atoms with van der Waals surface area (Å²) < 4.78 is 6.54. The Morgan fingerprint density at radius 3 is 2.44 bits per heavy atom. The molecule has 1 aliphatic carbocycles. The second-order valence-electron chi connectivity index (χ2n) is 7.12. The van der Waals surface area contributed by atoms with Crippen molar-refractivity contribution >= 4 is 8.32 Å². The van der Waals surface area contributed by atoms with Crippen LogP contribution in [-0.4, -0.2) is 26.1 Å². The standard InChI is InChI=1S/C15H30O2Si/c1-12-13(10-11-16)8-7-9-14(12)17-18(5,6)15(2,3)4/h7-8,12-14,16H,9-11H2,1-6H3/t12-,13-,14?/m0/s1. The number of hydrogen-bond donors (Lipinski definition) is 1. The topological polar surface area (TPSA) is 29.5 Å². The van der Waals surface area contributed by atoms with Crippen LogP contribution in [0.5, 0.6) is 0 Å². The van der Waals surface area contributed by atoms with Gasteiger partial charge in [-0.25, -0.2) is 0 Å². The fraction of sp³-hybridized carbons (Fsp3) is 0.867. The maximum absolute atomic E-state index is 9.12. The van der Waals surface area contributed by atoms with Gasteiger partial charge in [0.1, 0.15) is 0 Å². The van der Waals surface area contributed by atoms with Gasteiger partial charge in [0.25, 0.3) is 0 Å². The number of aliphatic hydroxyl groups is 1. The maximum Gasteiger partial charge on any atom is 0.192 e. The van der Waals surface area contributed by atoms with Gasteiger partial charge >= 0.3 is 0 Å². The molecule has 1 rings (SSSR count). The van der Waals surface area contributed by atoms with E-state index in [1.807, 2.05) is 0 Å². The fourth-order valence-electron chi connectivity index (χ4n) is 2.27. The molecule has 18 heavy (non-hydrogen) atoms. The van der Waals surface area contributed by atoms with Crippen molar-refractivity contribution in [2.24, 2.45) is 11.8 Å². The first kappa shape index (κ1) is 15.9. The van der Waals surface area contributed by atoms with Gasteiger partial charge in [-0.1, -0.05) is 39.8 Å². The van der Waals surface area contributed by atoms with Gasteiger partial charge in [-0.3, -0.25) is 0 Å². The average molecular weight is 270 g/mol. The highest BCUT2D eigenvalue weighted by atomic mass is 28.4. The van der Waals surface area contributed by atoms with Crippen molar-refractivity contribution in [3.8, 4) is 0 Å². The van der Waals surface area contributed by atoms with Crippen LogP contribution >= 0.6 is 0 Å². The number of rotatable bonds is 4. The average Bonchev–Trinajstić information content (AvgIpc) is 2.22. The van der Waals surface area contributed by atoms with Crippen LogP contribution in [0, 0.1) is 11.8 Å². The fourth-order valence-corrected chi connectivity index (χ4v) is 3.69. The molecule has 0 amide bonds. The molecular weight excluding hydrogens is 240 g/mol. The lowest BCUT2D eigenvalue weighted by atomic mass is 9.81. The van der Waals surface area contributed by atoms with Crippen LogP contribution in [0.2, 0.25) is 18.1 Å². The van der Waals surface area contributed by atoms with E-state index in [0.29, 0.717) is 17.9 Å². The highest BCUT2D eigenvalue weighted by Gasteiger charge is 2.41. The first-order valence-electron chi connectivity index (χ1n) is 7.14. The van der Waals surface area contributed by atoms with Crippen molar-refractivity contribution in [2.45, 2.75) is 64.8 Å². The van der Waals surface area contributed by atoms with E-state index in [1.54, 1.807) is 0 Å². The monoisotopic (exact) mass is 270 g/mol. The van der Waals surface area contributed by atoms with E-state index < -0.39 is 8.32 Å². The van der Waals surface area contributed by atoms with Gasteiger partial charge in [-0.05, 0) is 42.8 Å².